The molecule has 4 nitrogen and oxygen atoms in total. The van der Waals surface area contributed by atoms with Gasteiger partial charge in [0.2, 0.25) is 0 Å². The lowest BCUT2D eigenvalue weighted by Crippen LogP contribution is -1.89. The molecule has 0 fully saturated rings. The minimum Gasteiger partial charge on any atom is -0.333 e. The van der Waals surface area contributed by atoms with Crippen LogP contribution in [0.1, 0.15) is 0 Å². The minimum absolute atomic E-state index is 1.04. The maximum atomic E-state index is 10.5. The van der Waals surface area contributed by atoms with Crippen molar-refractivity contribution < 1.29 is 9.09 Å². The van der Waals surface area contributed by atoms with Crippen molar-refractivity contribution in [3.63, 3.8) is 0 Å². The van der Waals surface area contributed by atoms with Crippen LogP contribution >= 0.6 is 18.1 Å². The van der Waals surface area contributed by atoms with Crippen LogP contribution in [0, 0.1) is 0 Å². The maximum absolute atomic E-state index is 10.5. The normalized spacial score (nSPS) is 15.2. The van der Waals surface area contributed by atoms with Gasteiger partial charge >= 0.3 is 6.72 Å². The van der Waals surface area contributed by atoms with Crippen molar-refractivity contribution in [2.75, 3.05) is 20.4 Å². The summed E-state index contributed by atoms with van der Waals surface area (Å²) in [6, 6.07) is 0. The van der Waals surface area contributed by atoms with Crippen LogP contribution in [0.4, 0.5) is 0 Å². The van der Waals surface area contributed by atoms with Gasteiger partial charge in [0.1, 0.15) is 0 Å². The minimum atomic E-state index is -2.74. The molecule has 0 aliphatic heterocycles. The Kier molecular flexibility index (Phi) is 8.89. The van der Waals surface area contributed by atoms with E-state index in [1.54, 1.807) is 6.26 Å². The largest absolute Gasteiger partial charge is 0.333 e. The molecule has 0 rings (SSSR count). The van der Waals surface area contributed by atoms with Gasteiger partial charge in [0.05, 0.1) is 0 Å². The highest BCUT2D eigenvalue weighted by Gasteiger charge is 2.09. The van der Waals surface area contributed by atoms with Gasteiger partial charge in [0.15, 0.2) is 0 Å². The van der Waals surface area contributed by atoms with Gasteiger partial charge < -0.3 is 10.3 Å². The van der Waals surface area contributed by atoms with Crippen molar-refractivity contribution in [2.45, 2.75) is 0 Å². The summed E-state index contributed by atoms with van der Waals surface area (Å²) in [5.74, 6) is 0. The summed E-state index contributed by atoms with van der Waals surface area (Å²) in [4.78, 5) is 0. The van der Waals surface area contributed by atoms with Crippen molar-refractivity contribution in [1.82, 2.24) is 0 Å². The second-order valence-electron chi connectivity index (χ2n) is 0.905. The molecule has 0 radical (unpaired) electrons. The zero-order valence-corrected chi connectivity index (χ0v) is 7.54. The fourth-order valence-corrected chi connectivity index (χ4v) is 0.671. The molecule has 0 aliphatic carbocycles. The van der Waals surface area contributed by atoms with E-state index in [1.807, 2.05) is 0 Å². The monoisotopic (exact) mass is 172 g/mol. The van der Waals surface area contributed by atoms with Gasteiger partial charge in [-0.15, -0.1) is 0 Å². The van der Waals surface area contributed by atoms with Crippen LogP contribution < -0.4 is 11.2 Å². The highest BCUT2D eigenvalue weighted by molar-refractivity contribution is 8.55. The Hall–Kier alpha value is 0.460. The number of hydrogen-bond acceptors (Lipinski definition) is 4. The molecular formula is C3H13N2O2PS. The zero-order valence-electron chi connectivity index (χ0n) is 5.83. The highest BCUT2D eigenvalue weighted by atomic mass is 32.7. The Bertz CT molecular complexity index is 91.8. The van der Waals surface area contributed by atoms with Gasteiger partial charge in [-0.1, -0.05) is 11.4 Å². The van der Waals surface area contributed by atoms with Gasteiger partial charge in [-0.05, 0) is 13.3 Å². The predicted molar refractivity (Wildman–Crippen MR) is 42.4 cm³/mol. The molecule has 0 aromatic carbocycles. The molecule has 6 heteroatoms. The lowest BCUT2D eigenvalue weighted by Gasteiger charge is -2.02. The summed E-state index contributed by atoms with van der Waals surface area (Å²) < 4.78 is 14.9. The van der Waals surface area contributed by atoms with Crippen LogP contribution in [-0.4, -0.2) is 20.4 Å². The third-order valence-electron chi connectivity index (χ3n) is 0.509. The van der Waals surface area contributed by atoms with Crippen LogP contribution in [-0.2, 0) is 9.09 Å². The summed E-state index contributed by atoms with van der Waals surface area (Å²) in [6.07, 6.45) is 1.64. The topological polar surface area (TPSA) is 78.3 Å². The molecule has 0 aromatic rings. The fourth-order valence-electron chi connectivity index (χ4n) is 0.0745. The van der Waals surface area contributed by atoms with Crippen molar-refractivity contribution in [3.05, 3.63) is 0 Å². The smallest absolute Gasteiger partial charge is 0.323 e. The van der Waals surface area contributed by atoms with Crippen molar-refractivity contribution in [2.24, 2.45) is 11.2 Å². The second kappa shape index (κ2) is 6.58. The Labute approximate surface area is 59.6 Å². The number of nitrogens with two attached hydrogens (primary N) is 2. The van der Waals surface area contributed by atoms with Gasteiger partial charge in [-0.2, -0.15) is 0 Å². The van der Waals surface area contributed by atoms with Crippen LogP contribution in [0.5, 0.6) is 0 Å². The van der Waals surface area contributed by atoms with Crippen molar-refractivity contribution >= 4 is 18.1 Å². The molecule has 0 aliphatic rings. The molecule has 0 amide bonds. The van der Waals surface area contributed by atoms with E-state index in [9.17, 15) is 4.57 Å². The molecule has 0 bridgehead atoms. The van der Waals surface area contributed by atoms with E-state index in [4.69, 9.17) is 5.50 Å². The lowest BCUT2D eigenvalue weighted by molar-refractivity contribution is 0.410. The van der Waals surface area contributed by atoms with Gasteiger partial charge in [0, 0.05) is 7.11 Å². The Balaban J connectivity index is 0. The zero-order chi connectivity index (χ0) is 7.91. The first-order chi connectivity index (χ1) is 4.12. The molecule has 0 aromatic heterocycles. The lowest BCUT2D eigenvalue weighted by atomic mass is 11.6. The summed E-state index contributed by atoms with van der Waals surface area (Å²) >= 11 is 1.04. The van der Waals surface area contributed by atoms with E-state index in [0.717, 1.165) is 11.4 Å². The van der Waals surface area contributed by atoms with Gasteiger partial charge in [0.25, 0.3) is 0 Å². The van der Waals surface area contributed by atoms with Gasteiger partial charge in [-0.3, -0.25) is 10.1 Å². The quantitative estimate of drug-likeness (QED) is 0.597. The first kappa shape index (κ1) is 12.2. The number of rotatable bonds is 2. The van der Waals surface area contributed by atoms with Crippen molar-refractivity contribution in [3.8, 4) is 0 Å². The SMILES string of the molecule is CN.COP(N)(=O)SC. The summed E-state index contributed by atoms with van der Waals surface area (Å²) in [5, 5.41) is 0. The predicted octanol–water partition coefficient (Wildman–Crippen LogP) is 0.638. The van der Waals surface area contributed by atoms with Crippen molar-refractivity contribution in [1.29, 1.82) is 0 Å². The highest BCUT2D eigenvalue weighted by Crippen LogP contribution is 2.48. The Morgan fingerprint density at radius 2 is 1.89 bits per heavy atom. The summed E-state index contributed by atoms with van der Waals surface area (Å²) in [5.41, 5.74) is 9.51. The van der Waals surface area contributed by atoms with E-state index in [2.05, 4.69) is 10.3 Å². The molecule has 0 heterocycles. The van der Waals surface area contributed by atoms with Gasteiger partial charge in [-0.25, -0.2) is 0 Å². The first-order valence-corrected chi connectivity index (χ1v) is 5.72. The molecule has 4 N–H and O–H groups in total. The third kappa shape index (κ3) is 8.46. The van der Waals surface area contributed by atoms with Crippen LogP contribution in [0.25, 0.3) is 0 Å². The summed E-state index contributed by atoms with van der Waals surface area (Å²) in [6.45, 7) is -2.74. The number of hydrogen-bond donors (Lipinski definition) is 2. The maximum Gasteiger partial charge on any atom is 0.323 e. The van der Waals surface area contributed by atoms with E-state index in [-0.39, 0.29) is 0 Å². The van der Waals surface area contributed by atoms with E-state index in [0.29, 0.717) is 0 Å². The van der Waals surface area contributed by atoms with E-state index >= 15 is 0 Å². The fraction of sp³-hybridized carbons (Fsp3) is 1.00. The Morgan fingerprint density at radius 3 is 1.89 bits per heavy atom. The summed E-state index contributed by atoms with van der Waals surface area (Å²) in [7, 11) is 2.83. The van der Waals surface area contributed by atoms with Crippen LogP contribution in [0.2, 0.25) is 0 Å². The molecule has 9 heavy (non-hydrogen) atoms. The van der Waals surface area contributed by atoms with Crippen LogP contribution in [0.15, 0.2) is 0 Å². The Morgan fingerprint density at radius 1 is 1.56 bits per heavy atom. The average Bonchev–Trinajstić information content (AvgIpc) is 1.93. The standard InChI is InChI=1S/C2H8NO2PS.CH5N/c1-5-6(3,4)7-2;1-2/h1-2H3,(H2,3,4);2H2,1H3. The molecule has 1 atom stereocenters. The van der Waals surface area contributed by atoms with Crippen LogP contribution in [0.3, 0.4) is 0 Å². The third-order valence-corrected chi connectivity index (χ3v) is 3.50. The molecule has 58 valence electrons. The molecular weight excluding hydrogens is 159 g/mol. The van der Waals surface area contributed by atoms with E-state index in [1.165, 1.54) is 14.2 Å². The molecule has 1 unspecified atom stereocenters. The molecule has 0 spiro atoms. The molecule has 0 saturated heterocycles. The second-order valence-corrected chi connectivity index (χ2v) is 5.34. The average molecular weight is 172 g/mol. The molecule has 0 saturated carbocycles. The van der Waals surface area contributed by atoms with E-state index < -0.39 is 6.72 Å². The first-order valence-electron chi connectivity index (χ1n) is 2.20.